The summed E-state index contributed by atoms with van der Waals surface area (Å²) in [5, 5.41) is 11.6. The maximum atomic E-state index is 12.4. The molecule has 0 saturated carbocycles. The van der Waals surface area contributed by atoms with Gasteiger partial charge in [-0.3, -0.25) is 4.79 Å². The van der Waals surface area contributed by atoms with Crippen LogP contribution in [0.4, 0.5) is 13.2 Å². The number of amides is 1. The van der Waals surface area contributed by atoms with E-state index in [9.17, 15) is 18.0 Å². The number of halogens is 3. The lowest BCUT2D eigenvalue weighted by Gasteiger charge is -2.23. The highest BCUT2D eigenvalue weighted by molar-refractivity contribution is 5.91. The molecule has 1 aromatic carbocycles. The molecule has 3 nitrogen and oxygen atoms in total. The van der Waals surface area contributed by atoms with Crippen molar-refractivity contribution >= 4 is 12.0 Å². The number of hydrogen-bond donors (Lipinski definition) is 2. The minimum Gasteiger partial charge on any atom is -0.396 e. The van der Waals surface area contributed by atoms with Crippen molar-refractivity contribution in [1.29, 1.82) is 0 Å². The summed E-state index contributed by atoms with van der Waals surface area (Å²) in [5.74, 6) is -0.328. The lowest BCUT2D eigenvalue weighted by molar-refractivity contribution is -0.137. The van der Waals surface area contributed by atoms with Gasteiger partial charge in [0.25, 0.3) is 0 Å². The van der Waals surface area contributed by atoms with Gasteiger partial charge in [-0.1, -0.05) is 26.0 Å². The molecule has 1 amide bonds. The molecule has 0 atom stereocenters. The summed E-state index contributed by atoms with van der Waals surface area (Å²) in [7, 11) is 0. The standard InChI is InChI=1S/C16H20F3NO2/c1-15(2,9-10-21)11-20-14(22)8-5-12-3-6-13(7-4-12)16(17,18)19/h3-8,21H,9-11H2,1-2H3,(H,20,22)/b8-5+. The van der Waals surface area contributed by atoms with Gasteiger partial charge >= 0.3 is 6.18 Å². The summed E-state index contributed by atoms with van der Waals surface area (Å²) in [4.78, 5) is 11.7. The molecule has 22 heavy (non-hydrogen) atoms. The first-order valence-electron chi connectivity index (χ1n) is 6.88. The summed E-state index contributed by atoms with van der Waals surface area (Å²) >= 11 is 0. The van der Waals surface area contributed by atoms with E-state index in [2.05, 4.69) is 5.32 Å². The van der Waals surface area contributed by atoms with Crippen LogP contribution >= 0.6 is 0 Å². The van der Waals surface area contributed by atoms with E-state index in [1.807, 2.05) is 13.8 Å². The second-order valence-electron chi connectivity index (χ2n) is 5.81. The number of hydrogen-bond acceptors (Lipinski definition) is 2. The molecule has 0 heterocycles. The van der Waals surface area contributed by atoms with Crippen molar-refractivity contribution in [2.24, 2.45) is 5.41 Å². The van der Waals surface area contributed by atoms with Crippen LogP contribution in [0.25, 0.3) is 6.08 Å². The molecular formula is C16H20F3NO2. The fourth-order valence-corrected chi connectivity index (χ4v) is 1.73. The molecular weight excluding hydrogens is 295 g/mol. The van der Waals surface area contributed by atoms with Crippen LogP contribution in [0.5, 0.6) is 0 Å². The third-order valence-electron chi connectivity index (χ3n) is 3.19. The molecule has 1 rings (SSSR count). The summed E-state index contributed by atoms with van der Waals surface area (Å²) in [5.41, 5.74) is -0.426. The van der Waals surface area contributed by atoms with Gasteiger partial charge in [-0.25, -0.2) is 0 Å². The van der Waals surface area contributed by atoms with Crippen molar-refractivity contribution in [3.63, 3.8) is 0 Å². The van der Waals surface area contributed by atoms with Gasteiger partial charge < -0.3 is 10.4 Å². The van der Waals surface area contributed by atoms with Crippen molar-refractivity contribution in [2.45, 2.75) is 26.4 Å². The van der Waals surface area contributed by atoms with Gasteiger partial charge in [-0.2, -0.15) is 13.2 Å². The van der Waals surface area contributed by atoms with Crippen LogP contribution in [0, 0.1) is 5.41 Å². The first-order valence-corrected chi connectivity index (χ1v) is 6.88. The number of aliphatic hydroxyl groups excluding tert-OH is 1. The van der Waals surface area contributed by atoms with Gasteiger partial charge in [0.05, 0.1) is 5.56 Å². The molecule has 2 N–H and O–H groups in total. The van der Waals surface area contributed by atoms with E-state index >= 15 is 0 Å². The van der Waals surface area contributed by atoms with E-state index in [1.165, 1.54) is 24.3 Å². The van der Waals surface area contributed by atoms with Gasteiger partial charge in [-0.05, 0) is 35.6 Å². The SMILES string of the molecule is CC(C)(CCO)CNC(=O)/C=C/c1ccc(C(F)(F)F)cc1. The molecule has 0 aliphatic heterocycles. The molecule has 6 heteroatoms. The Morgan fingerprint density at radius 1 is 1.23 bits per heavy atom. The van der Waals surface area contributed by atoms with Gasteiger partial charge in [0.2, 0.25) is 5.91 Å². The predicted octanol–water partition coefficient (Wildman–Crippen LogP) is 3.24. The van der Waals surface area contributed by atoms with Crippen molar-refractivity contribution in [3.05, 3.63) is 41.5 Å². The molecule has 122 valence electrons. The van der Waals surface area contributed by atoms with Crippen molar-refractivity contribution in [3.8, 4) is 0 Å². The summed E-state index contributed by atoms with van der Waals surface area (Å²) < 4.78 is 37.2. The fourth-order valence-electron chi connectivity index (χ4n) is 1.73. The van der Waals surface area contributed by atoms with E-state index in [4.69, 9.17) is 5.11 Å². The molecule has 0 aliphatic carbocycles. The van der Waals surface area contributed by atoms with E-state index in [0.29, 0.717) is 18.5 Å². The van der Waals surface area contributed by atoms with Crippen molar-refractivity contribution < 1.29 is 23.1 Å². The van der Waals surface area contributed by atoms with Gasteiger partial charge in [-0.15, -0.1) is 0 Å². The molecule has 0 aromatic heterocycles. The molecule has 0 bridgehead atoms. The zero-order valence-corrected chi connectivity index (χ0v) is 12.6. The molecule has 0 fully saturated rings. The maximum Gasteiger partial charge on any atom is 0.416 e. The minimum absolute atomic E-state index is 0.0459. The molecule has 0 unspecified atom stereocenters. The topological polar surface area (TPSA) is 49.3 Å². The summed E-state index contributed by atoms with van der Waals surface area (Å²) in [6.45, 7) is 4.29. The highest BCUT2D eigenvalue weighted by atomic mass is 19.4. The monoisotopic (exact) mass is 315 g/mol. The fraction of sp³-hybridized carbons (Fsp3) is 0.438. The number of aliphatic hydroxyl groups is 1. The Morgan fingerprint density at radius 2 is 1.82 bits per heavy atom. The number of carbonyl (C=O) groups is 1. The van der Waals surface area contributed by atoms with Crippen LogP contribution in [0.15, 0.2) is 30.3 Å². The third kappa shape index (κ3) is 6.30. The zero-order valence-electron chi connectivity index (χ0n) is 12.6. The lowest BCUT2D eigenvalue weighted by atomic mass is 9.90. The van der Waals surface area contributed by atoms with Crippen molar-refractivity contribution in [1.82, 2.24) is 5.32 Å². The number of carbonyl (C=O) groups excluding carboxylic acids is 1. The average molecular weight is 315 g/mol. The van der Waals surface area contributed by atoms with Crippen LogP contribution in [0.3, 0.4) is 0 Å². The number of benzene rings is 1. The van der Waals surface area contributed by atoms with Crippen LogP contribution in [-0.2, 0) is 11.0 Å². The smallest absolute Gasteiger partial charge is 0.396 e. The van der Waals surface area contributed by atoms with Crippen LogP contribution in [0.2, 0.25) is 0 Å². The number of alkyl halides is 3. The summed E-state index contributed by atoms with van der Waals surface area (Å²) in [6, 6.07) is 4.56. The molecule has 0 saturated heterocycles. The average Bonchev–Trinajstić information content (AvgIpc) is 2.42. The largest absolute Gasteiger partial charge is 0.416 e. The Kier molecular flexibility index (Phi) is 6.17. The summed E-state index contributed by atoms with van der Waals surface area (Å²) in [6.07, 6.45) is -1.07. The first kappa shape index (κ1) is 18.2. The molecule has 1 aromatic rings. The number of nitrogens with one attached hydrogen (secondary N) is 1. The number of rotatable bonds is 6. The Bertz CT molecular complexity index is 519. The van der Waals surface area contributed by atoms with Crippen LogP contribution in [-0.4, -0.2) is 24.2 Å². The third-order valence-corrected chi connectivity index (χ3v) is 3.19. The highest BCUT2D eigenvalue weighted by Crippen LogP contribution is 2.29. The second-order valence-corrected chi connectivity index (χ2v) is 5.81. The molecule has 0 radical (unpaired) electrons. The Labute approximate surface area is 127 Å². The first-order chi connectivity index (χ1) is 10.1. The molecule has 0 aliphatic rings. The normalized spacial score (nSPS) is 12.6. The van der Waals surface area contributed by atoms with Crippen LogP contribution in [0.1, 0.15) is 31.4 Å². The van der Waals surface area contributed by atoms with E-state index in [0.717, 1.165) is 12.1 Å². The van der Waals surface area contributed by atoms with E-state index in [1.54, 1.807) is 0 Å². The van der Waals surface area contributed by atoms with Gasteiger partial charge in [0, 0.05) is 19.2 Å². The van der Waals surface area contributed by atoms with Crippen molar-refractivity contribution in [2.75, 3.05) is 13.2 Å². The lowest BCUT2D eigenvalue weighted by Crippen LogP contribution is -2.33. The van der Waals surface area contributed by atoms with E-state index < -0.39 is 11.7 Å². The van der Waals surface area contributed by atoms with Gasteiger partial charge in [0.1, 0.15) is 0 Å². The van der Waals surface area contributed by atoms with Crippen LogP contribution < -0.4 is 5.32 Å². The zero-order chi connectivity index (χ0) is 16.8. The Balaban J connectivity index is 2.56. The Morgan fingerprint density at radius 3 is 2.32 bits per heavy atom. The Hall–Kier alpha value is -1.82. The quantitative estimate of drug-likeness (QED) is 0.792. The minimum atomic E-state index is -4.36. The predicted molar refractivity (Wildman–Crippen MR) is 79.0 cm³/mol. The van der Waals surface area contributed by atoms with E-state index in [-0.39, 0.29) is 17.9 Å². The highest BCUT2D eigenvalue weighted by Gasteiger charge is 2.29. The maximum absolute atomic E-state index is 12.4. The molecule has 0 spiro atoms. The van der Waals surface area contributed by atoms with Gasteiger partial charge in [0.15, 0.2) is 0 Å². The second kappa shape index (κ2) is 7.45.